The summed E-state index contributed by atoms with van der Waals surface area (Å²) in [6.07, 6.45) is 1.74. The Hall–Kier alpha value is -1.82. The molecule has 0 unspecified atom stereocenters. The van der Waals surface area contributed by atoms with E-state index in [0.29, 0.717) is 5.56 Å². The molecule has 0 fully saturated rings. The molecule has 3 nitrogen and oxygen atoms in total. The minimum absolute atomic E-state index is 0.712. The van der Waals surface area contributed by atoms with Crippen molar-refractivity contribution in [2.24, 2.45) is 0 Å². The molecule has 58 valence electrons. The van der Waals surface area contributed by atoms with Crippen LogP contribution in [0, 0.1) is 18.3 Å². The van der Waals surface area contributed by atoms with E-state index < -0.39 is 0 Å². The van der Waals surface area contributed by atoms with Gasteiger partial charge >= 0.3 is 0 Å². The molecule has 0 radical (unpaired) electrons. The van der Waals surface area contributed by atoms with E-state index in [4.69, 9.17) is 5.26 Å². The Kier molecular flexibility index (Phi) is 1.34. The second-order valence-corrected chi connectivity index (χ2v) is 2.68. The number of aromatic amines is 1. The Balaban J connectivity index is 2.89. The van der Waals surface area contributed by atoms with Crippen molar-refractivity contribution >= 4 is 10.9 Å². The number of fused-ring (bicyclic) bond motifs is 1. The highest BCUT2D eigenvalue weighted by molar-refractivity contribution is 5.83. The number of nitriles is 1. The molecule has 1 heterocycles. The lowest BCUT2D eigenvalue weighted by atomic mass is 10.1. The number of H-pyrrole nitrogens is 1. The molecule has 0 atom stereocenters. The predicted molar refractivity (Wildman–Crippen MR) is 45.5 cm³/mol. The maximum atomic E-state index is 8.73. The highest BCUT2D eigenvalue weighted by atomic mass is 15.1. The minimum atomic E-state index is 0.712. The molecule has 0 aliphatic rings. The van der Waals surface area contributed by atoms with E-state index in [0.717, 1.165) is 16.5 Å². The van der Waals surface area contributed by atoms with Crippen molar-refractivity contribution in [1.29, 1.82) is 5.26 Å². The van der Waals surface area contributed by atoms with Crippen LogP contribution in [0.1, 0.15) is 11.1 Å². The molecule has 3 heteroatoms. The highest BCUT2D eigenvalue weighted by Gasteiger charge is 2.02. The average molecular weight is 157 g/mol. The molecule has 12 heavy (non-hydrogen) atoms. The molecule has 1 aromatic carbocycles. The highest BCUT2D eigenvalue weighted by Crippen LogP contribution is 2.18. The van der Waals surface area contributed by atoms with Crippen LogP contribution in [0.25, 0.3) is 10.9 Å². The summed E-state index contributed by atoms with van der Waals surface area (Å²) in [5.74, 6) is 0. The van der Waals surface area contributed by atoms with Crippen molar-refractivity contribution in [3.05, 3.63) is 29.5 Å². The van der Waals surface area contributed by atoms with E-state index in [1.807, 2.05) is 13.0 Å². The van der Waals surface area contributed by atoms with Gasteiger partial charge in [0, 0.05) is 5.39 Å². The number of hydrogen-bond acceptors (Lipinski definition) is 2. The summed E-state index contributed by atoms with van der Waals surface area (Å²) in [5, 5.41) is 16.5. The third-order valence-corrected chi connectivity index (χ3v) is 2.01. The van der Waals surface area contributed by atoms with Gasteiger partial charge in [-0.1, -0.05) is 0 Å². The number of aryl methyl sites for hydroxylation is 1. The maximum Gasteiger partial charge on any atom is 0.0994 e. The molecular formula is C9H7N3. The zero-order valence-electron chi connectivity index (χ0n) is 6.63. The summed E-state index contributed by atoms with van der Waals surface area (Å²) in [6.45, 7) is 1.93. The van der Waals surface area contributed by atoms with Crippen molar-refractivity contribution in [2.75, 3.05) is 0 Å². The van der Waals surface area contributed by atoms with Crippen LogP contribution >= 0.6 is 0 Å². The van der Waals surface area contributed by atoms with E-state index in [2.05, 4.69) is 16.3 Å². The van der Waals surface area contributed by atoms with Crippen molar-refractivity contribution in [1.82, 2.24) is 10.2 Å². The van der Waals surface area contributed by atoms with E-state index in [1.54, 1.807) is 12.3 Å². The van der Waals surface area contributed by atoms with Crippen LogP contribution in [-0.2, 0) is 0 Å². The van der Waals surface area contributed by atoms with Crippen LogP contribution in [0.3, 0.4) is 0 Å². The van der Waals surface area contributed by atoms with E-state index in [-0.39, 0.29) is 0 Å². The van der Waals surface area contributed by atoms with Crippen molar-refractivity contribution in [2.45, 2.75) is 6.92 Å². The molecule has 0 amide bonds. The number of nitrogens with zero attached hydrogens (tertiary/aromatic N) is 2. The number of rotatable bonds is 0. The number of aromatic nitrogens is 2. The molecular weight excluding hydrogens is 150 g/mol. The largest absolute Gasteiger partial charge is 0.278 e. The van der Waals surface area contributed by atoms with Gasteiger partial charge in [-0.3, -0.25) is 5.10 Å². The van der Waals surface area contributed by atoms with Gasteiger partial charge in [0.05, 0.1) is 23.3 Å². The zero-order valence-corrected chi connectivity index (χ0v) is 6.63. The fraction of sp³-hybridized carbons (Fsp3) is 0.111. The molecule has 2 aromatic rings. The molecule has 0 aliphatic carbocycles. The van der Waals surface area contributed by atoms with Gasteiger partial charge < -0.3 is 0 Å². The monoisotopic (exact) mass is 157 g/mol. The first-order valence-corrected chi connectivity index (χ1v) is 3.65. The Morgan fingerprint density at radius 2 is 2.33 bits per heavy atom. The van der Waals surface area contributed by atoms with Crippen LogP contribution in [0.2, 0.25) is 0 Å². The molecule has 0 saturated carbocycles. The fourth-order valence-corrected chi connectivity index (χ4v) is 1.28. The zero-order chi connectivity index (χ0) is 8.55. The minimum Gasteiger partial charge on any atom is -0.278 e. The first-order chi connectivity index (χ1) is 5.83. The van der Waals surface area contributed by atoms with E-state index in [1.165, 1.54) is 0 Å². The maximum absolute atomic E-state index is 8.73. The Bertz CT molecular complexity index is 462. The Labute approximate surface area is 69.6 Å². The Morgan fingerprint density at radius 3 is 3.08 bits per heavy atom. The van der Waals surface area contributed by atoms with Gasteiger partial charge in [0.2, 0.25) is 0 Å². The van der Waals surface area contributed by atoms with Gasteiger partial charge in [-0.2, -0.15) is 10.4 Å². The van der Waals surface area contributed by atoms with E-state index >= 15 is 0 Å². The fourth-order valence-electron chi connectivity index (χ4n) is 1.28. The first kappa shape index (κ1) is 6.86. The van der Waals surface area contributed by atoms with Crippen LogP contribution < -0.4 is 0 Å². The molecule has 1 aromatic heterocycles. The van der Waals surface area contributed by atoms with Gasteiger partial charge in [0.15, 0.2) is 0 Å². The molecule has 0 aliphatic heterocycles. The van der Waals surface area contributed by atoms with Gasteiger partial charge in [0.25, 0.3) is 0 Å². The van der Waals surface area contributed by atoms with Crippen LogP contribution in [0.15, 0.2) is 18.3 Å². The smallest absolute Gasteiger partial charge is 0.0994 e. The van der Waals surface area contributed by atoms with Gasteiger partial charge in [-0.25, -0.2) is 0 Å². The summed E-state index contributed by atoms with van der Waals surface area (Å²) in [6, 6.07) is 5.81. The Morgan fingerprint density at radius 1 is 1.50 bits per heavy atom. The molecule has 0 bridgehead atoms. The van der Waals surface area contributed by atoms with Crippen LogP contribution in [0.4, 0.5) is 0 Å². The summed E-state index contributed by atoms with van der Waals surface area (Å²) >= 11 is 0. The summed E-state index contributed by atoms with van der Waals surface area (Å²) in [4.78, 5) is 0. The molecule has 0 saturated heterocycles. The standard InChI is InChI=1S/C9H7N3/c1-6-7(4-10)2-3-9-8(6)5-11-12-9/h2-3,5H,1H3,(H,11,12). The SMILES string of the molecule is Cc1c(C#N)ccc2[nH]ncc12. The number of hydrogen-bond donors (Lipinski definition) is 1. The third-order valence-electron chi connectivity index (χ3n) is 2.01. The summed E-state index contributed by atoms with van der Waals surface area (Å²) in [5.41, 5.74) is 2.68. The van der Waals surface area contributed by atoms with Gasteiger partial charge in [0.1, 0.15) is 0 Å². The molecule has 1 N–H and O–H groups in total. The quantitative estimate of drug-likeness (QED) is 0.633. The van der Waals surface area contributed by atoms with Crippen molar-refractivity contribution < 1.29 is 0 Å². The van der Waals surface area contributed by atoms with Crippen LogP contribution in [0.5, 0.6) is 0 Å². The van der Waals surface area contributed by atoms with Gasteiger partial charge in [-0.15, -0.1) is 0 Å². The number of nitrogens with one attached hydrogen (secondary N) is 1. The molecule has 2 rings (SSSR count). The van der Waals surface area contributed by atoms with Crippen molar-refractivity contribution in [3.63, 3.8) is 0 Å². The first-order valence-electron chi connectivity index (χ1n) is 3.65. The average Bonchev–Trinajstić information content (AvgIpc) is 2.53. The molecule has 0 spiro atoms. The predicted octanol–water partition coefficient (Wildman–Crippen LogP) is 1.74. The normalized spacial score (nSPS) is 10.0. The van der Waals surface area contributed by atoms with E-state index in [9.17, 15) is 0 Å². The lowest BCUT2D eigenvalue weighted by Gasteiger charge is -1.96. The second kappa shape index (κ2) is 2.35. The topological polar surface area (TPSA) is 52.5 Å². The number of benzene rings is 1. The lowest BCUT2D eigenvalue weighted by molar-refractivity contribution is 1.12. The lowest BCUT2D eigenvalue weighted by Crippen LogP contribution is -1.81. The second-order valence-electron chi connectivity index (χ2n) is 2.68. The van der Waals surface area contributed by atoms with Crippen LogP contribution in [-0.4, -0.2) is 10.2 Å². The summed E-state index contributed by atoms with van der Waals surface area (Å²) in [7, 11) is 0. The van der Waals surface area contributed by atoms with Crippen molar-refractivity contribution in [3.8, 4) is 6.07 Å². The summed E-state index contributed by atoms with van der Waals surface area (Å²) < 4.78 is 0. The third kappa shape index (κ3) is 0.785. The van der Waals surface area contributed by atoms with Gasteiger partial charge in [-0.05, 0) is 24.6 Å².